The van der Waals surface area contributed by atoms with Crippen LogP contribution in [0.25, 0.3) is 5.57 Å². The molecule has 3 heteroatoms. The van der Waals surface area contributed by atoms with Gasteiger partial charge in [0.25, 0.3) is 0 Å². The third-order valence-corrected chi connectivity index (χ3v) is 3.69. The molecule has 1 aliphatic rings. The van der Waals surface area contributed by atoms with E-state index in [0.29, 0.717) is 17.7 Å². The summed E-state index contributed by atoms with van der Waals surface area (Å²) < 4.78 is 19.4. The lowest BCUT2D eigenvalue weighted by Gasteiger charge is -2.28. The number of ether oxygens (including phenoxy) is 1. The first-order chi connectivity index (χ1) is 10.2. The summed E-state index contributed by atoms with van der Waals surface area (Å²) in [4.78, 5) is 11.7. The van der Waals surface area contributed by atoms with Gasteiger partial charge in [-0.3, -0.25) is 0 Å². The maximum absolute atomic E-state index is 13.5. The molecular formula is C18H15FO2. The molecule has 0 aliphatic carbocycles. The van der Waals surface area contributed by atoms with E-state index in [-0.39, 0.29) is 5.82 Å². The first-order valence-corrected chi connectivity index (χ1v) is 6.95. The van der Waals surface area contributed by atoms with Gasteiger partial charge in [0.1, 0.15) is 23.6 Å². The highest BCUT2D eigenvalue weighted by molar-refractivity contribution is 5.89. The number of allylic oxidation sites excluding steroid dienone is 2. The molecular weight excluding hydrogens is 267 g/mol. The van der Waals surface area contributed by atoms with E-state index in [1.807, 2.05) is 37.3 Å². The number of carbonyl (C=O) groups excluding carboxylic acids is 1. The van der Waals surface area contributed by atoms with E-state index in [1.54, 1.807) is 6.07 Å². The summed E-state index contributed by atoms with van der Waals surface area (Å²) in [6, 6.07) is 13.9. The number of rotatable bonds is 3. The van der Waals surface area contributed by atoms with Crippen molar-refractivity contribution >= 4 is 11.9 Å². The van der Waals surface area contributed by atoms with E-state index in [0.717, 1.165) is 23.2 Å². The lowest BCUT2D eigenvalue weighted by atomic mass is 9.84. The van der Waals surface area contributed by atoms with Crippen molar-refractivity contribution in [2.45, 2.75) is 19.3 Å². The number of aldehydes is 1. The Morgan fingerprint density at radius 3 is 2.62 bits per heavy atom. The van der Waals surface area contributed by atoms with Gasteiger partial charge in [-0.25, -0.2) is 4.39 Å². The Morgan fingerprint density at radius 1 is 1.19 bits per heavy atom. The van der Waals surface area contributed by atoms with E-state index >= 15 is 0 Å². The van der Waals surface area contributed by atoms with Crippen LogP contribution < -0.4 is 4.74 Å². The molecule has 0 spiro atoms. The molecule has 2 aromatic carbocycles. The molecule has 0 radical (unpaired) electrons. The zero-order chi connectivity index (χ0) is 14.8. The van der Waals surface area contributed by atoms with Gasteiger partial charge in [0.05, 0.1) is 5.92 Å². The van der Waals surface area contributed by atoms with Crippen molar-refractivity contribution in [2.24, 2.45) is 0 Å². The van der Waals surface area contributed by atoms with Gasteiger partial charge in [-0.2, -0.15) is 0 Å². The molecule has 0 N–H and O–H groups in total. The fraction of sp³-hybridized carbons (Fsp3) is 0.167. The second-order valence-electron chi connectivity index (χ2n) is 4.95. The molecule has 1 unspecified atom stereocenters. The highest BCUT2D eigenvalue weighted by Gasteiger charge is 2.30. The molecule has 106 valence electrons. The monoisotopic (exact) mass is 282 g/mol. The van der Waals surface area contributed by atoms with Crippen LogP contribution in [0.15, 0.2) is 54.3 Å². The van der Waals surface area contributed by atoms with Crippen LogP contribution in [-0.2, 0) is 4.79 Å². The molecule has 0 saturated carbocycles. The molecule has 1 aliphatic heterocycles. The Hall–Kier alpha value is -2.42. The molecule has 0 saturated heterocycles. The Labute approximate surface area is 122 Å². The van der Waals surface area contributed by atoms with Crippen LogP contribution in [0.4, 0.5) is 4.39 Å². The number of fused-ring (bicyclic) bond motifs is 1. The molecule has 0 bridgehead atoms. The van der Waals surface area contributed by atoms with E-state index in [1.165, 1.54) is 12.1 Å². The first kappa shape index (κ1) is 13.6. The Bertz CT molecular complexity index is 704. The third-order valence-electron chi connectivity index (χ3n) is 3.69. The maximum atomic E-state index is 13.5. The average molecular weight is 282 g/mol. The Balaban J connectivity index is 2.20. The molecule has 1 heterocycles. The largest absolute Gasteiger partial charge is 0.461 e. The van der Waals surface area contributed by atoms with Gasteiger partial charge in [-0.1, -0.05) is 37.3 Å². The molecule has 3 rings (SSSR count). The summed E-state index contributed by atoms with van der Waals surface area (Å²) in [5.41, 5.74) is 2.34. The highest BCUT2D eigenvalue weighted by Crippen LogP contribution is 2.43. The van der Waals surface area contributed by atoms with Crippen molar-refractivity contribution in [2.75, 3.05) is 0 Å². The minimum atomic E-state index is -0.498. The van der Waals surface area contributed by atoms with Gasteiger partial charge in [0, 0.05) is 17.6 Å². The van der Waals surface area contributed by atoms with Gasteiger partial charge in [0.2, 0.25) is 0 Å². The summed E-state index contributed by atoms with van der Waals surface area (Å²) in [5, 5.41) is 0. The predicted molar refractivity (Wildman–Crippen MR) is 79.5 cm³/mol. The number of hydrogen-bond donors (Lipinski definition) is 0. The first-order valence-electron chi connectivity index (χ1n) is 6.95. The maximum Gasteiger partial charge on any atom is 0.132 e. The van der Waals surface area contributed by atoms with Gasteiger partial charge < -0.3 is 9.53 Å². The number of hydrogen-bond acceptors (Lipinski definition) is 2. The van der Waals surface area contributed by atoms with Gasteiger partial charge in [-0.15, -0.1) is 0 Å². The van der Waals surface area contributed by atoms with Gasteiger partial charge in [-0.05, 0) is 23.8 Å². The number of benzene rings is 2. The van der Waals surface area contributed by atoms with Crippen molar-refractivity contribution in [1.82, 2.24) is 0 Å². The van der Waals surface area contributed by atoms with E-state index < -0.39 is 5.92 Å². The predicted octanol–water partition coefficient (Wildman–Crippen LogP) is 4.32. The van der Waals surface area contributed by atoms with Crippen LogP contribution in [0.2, 0.25) is 0 Å². The molecule has 0 fully saturated rings. The van der Waals surface area contributed by atoms with Crippen molar-refractivity contribution in [1.29, 1.82) is 0 Å². The summed E-state index contributed by atoms with van der Waals surface area (Å²) in [6.45, 7) is 1.98. The molecule has 0 amide bonds. The van der Waals surface area contributed by atoms with Crippen molar-refractivity contribution in [3.05, 3.63) is 71.2 Å². The topological polar surface area (TPSA) is 26.3 Å². The van der Waals surface area contributed by atoms with Crippen LogP contribution in [0.5, 0.6) is 5.75 Å². The smallest absolute Gasteiger partial charge is 0.132 e. The fourth-order valence-corrected chi connectivity index (χ4v) is 2.73. The lowest BCUT2D eigenvalue weighted by molar-refractivity contribution is -0.108. The molecule has 2 nitrogen and oxygen atoms in total. The van der Waals surface area contributed by atoms with Crippen LogP contribution in [0, 0.1) is 5.82 Å². The van der Waals surface area contributed by atoms with E-state index in [2.05, 4.69) is 0 Å². The van der Waals surface area contributed by atoms with E-state index in [9.17, 15) is 9.18 Å². The zero-order valence-electron chi connectivity index (χ0n) is 11.7. The van der Waals surface area contributed by atoms with E-state index in [4.69, 9.17) is 4.74 Å². The van der Waals surface area contributed by atoms with Gasteiger partial charge in [0.15, 0.2) is 0 Å². The van der Waals surface area contributed by atoms with Crippen molar-refractivity contribution in [3.8, 4) is 5.75 Å². The third kappa shape index (κ3) is 2.35. The normalized spacial score (nSPS) is 17.1. The average Bonchev–Trinajstić information content (AvgIpc) is 2.53. The van der Waals surface area contributed by atoms with Crippen LogP contribution in [0.1, 0.15) is 30.4 Å². The zero-order valence-corrected chi connectivity index (χ0v) is 11.7. The van der Waals surface area contributed by atoms with Crippen LogP contribution in [0.3, 0.4) is 0 Å². The fourth-order valence-electron chi connectivity index (χ4n) is 2.73. The highest BCUT2D eigenvalue weighted by atomic mass is 19.1. The standard InChI is InChI=1S/C18H15FO2/c1-2-16-18(12-6-4-3-5-7-12)15(11-20)14-10-13(19)8-9-17(14)21-16/h3-11,15H,2H2,1H3. The van der Waals surface area contributed by atoms with Crippen molar-refractivity contribution < 1.29 is 13.9 Å². The minimum Gasteiger partial charge on any atom is -0.461 e. The summed E-state index contributed by atoms with van der Waals surface area (Å²) >= 11 is 0. The molecule has 0 aromatic heterocycles. The second-order valence-corrected chi connectivity index (χ2v) is 4.95. The lowest BCUT2D eigenvalue weighted by Crippen LogP contribution is -2.16. The molecule has 2 aromatic rings. The summed E-state index contributed by atoms with van der Waals surface area (Å²) in [6.07, 6.45) is 1.53. The van der Waals surface area contributed by atoms with Crippen molar-refractivity contribution in [3.63, 3.8) is 0 Å². The second kappa shape index (κ2) is 5.52. The van der Waals surface area contributed by atoms with Gasteiger partial charge >= 0.3 is 0 Å². The van der Waals surface area contributed by atoms with Crippen LogP contribution in [-0.4, -0.2) is 6.29 Å². The summed E-state index contributed by atoms with van der Waals surface area (Å²) in [7, 11) is 0. The summed E-state index contributed by atoms with van der Waals surface area (Å²) in [5.74, 6) is 0.459. The quantitative estimate of drug-likeness (QED) is 0.784. The molecule has 21 heavy (non-hydrogen) atoms. The number of carbonyl (C=O) groups is 1. The SMILES string of the molecule is CCC1=C(c2ccccc2)C(C=O)c2cc(F)ccc2O1. The molecule has 1 atom stereocenters. The van der Waals surface area contributed by atoms with Crippen LogP contribution >= 0.6 is 0 Å². The number of halogens is 1. The minimum absolute atomic E-state index is 0.364. The Morgan fingerprint density at radius 2 is 1.95 bits per heavy atom. The Kier molecular flexibility index (Phi) is 3.57.